The molecular weight excluding hydrogens is 741 g/mol. The second kappa shape index (κ2) is 13.1. The van der Waals surface area contributed by atoms with E-state index in [0.717, 1.165) is 113 Å². The van der Waals surface area contributed by atoms with Crippen LogP contribution in [0.15, 0.2) is 97.1 Å². The number of fused-ring (bicyclic) bond motifs is 16. The molecule has 9 heteroatoms. The van der Waals surface area contributed by atoms with Gasteiger partial charge in [0.2, 0.25) is 0 Å². The highest BCUT2D eigenvalue weighted by atomic mass is 16.3. The highest BCUT2D eigenvalue weighted by molar-refractivity contribution is 5.92. The van der Waals surface area contributed by atoms with Crippen molar-refractivity contribution in [2.75, 3.05) is 0 Å². The predicted octanol–water partition coefficient (Wildman–Crippen LogP) is 11.7. The number of benzene rings is 1. The van der Waals surface area contributed by atoms with Gasteiger partial charge in [-0.3, -0.25) is 9.97 Å². The minimum atomic E-state index is -0.252. The highest BCUT2D eigenvalue weighted by Crippen LogP contribution is 2.40. The fraction of sp³-hybridized carbons (Fsp3) is 0.176. The van der Waals surface area contributed by atoms with Crippen molar-refractivity contribution in [1.29, 1.82) is 0 Å². The van der Waals surface area contributed by atoms with E-state index in [1.807, 2.05) is 12.1 Å². The van der Waals surface area contributed by atoms with Crippen LogP contribution in [0.4, 0.5) is 0 Å². The molecule has 16 bridgehead atoms. The smallest absolute Gasteiger partial charge is 0.160 e. The Hall–Kier alpha value is -7.26. The maximum Gasteiger partial charge on any atom is 0.160 e. The van der Waals surface area contributed by atoms with Crippen molar-refractivity contribution < 1.29 is 5.11 Å². The van der Waals surface area contributed by atoms with Crippen LogP contribution in [0.3, 0.4) is 0 Å². The number of aromatic amines is 4. The molecule has 7 aromatic rings. The number of aromatic hydroxyl groups is 1. The first-order valence-corrected chi connectivity index (χ1v) is 20.5. The predicted molar refractivity (Wildman–Crippen MR) is 244 cm³/mol. The molecule has 10 heterocycles. The summed E-state index contributed by atoms with van der Waals surface area (Å²) in [6, 6.07) is 33.8. The zero-order chi connectivity index (χ0) is 40.9. The van der Waals surface area contributed by atoms with Gasteiger partial charge in [0, 0.05) is 84.8 Å². The van der Waals surface area contributed by atoms with Crippen LogP contribution in [0.1, 0.15) is 78.8 Å². The van der Waals surface area contributed by atoms with Crippen molar-refractivity contribution in [3.05, 3.63) is 148 Å². The van der Waals surface area contributed by atoms with E-state index < -0.39 is 0 Å². The van der Waals surface area contributed by atoms with Crippen molar-refractivity contribution >= 4 is 68.4 Å². The number of nitrogens with one attached hydrogen (secondary N) is 4. The van der Waals surface area contributed by atoms with E-state index in [0.29, 0.717) is 17.6 Å². The third-order valence-corrected chi connectivity index (χ3v) is 12.3. The molecule has 4 aliphatic heterocycles. The van der Waals surface area contributed by atoms with Gasteiger partial charge in [0.25, 0.3) is 0 Å². The third-order valence-electron chi connectivity index (χ3n) is 12.3. The van der Waals surface area contributed by atoms with Crippen LogP contribution < -0.4 is 0 Å². The quantitative estimate of drug-likeness (QED) is 0.119. The molecule has 0 atom stereocenters. The molecule has 0 saturated carbocycles. The van der Waals surface area contributed by atoms with Crippen molar-refractivity contribution in [1.82, 2.24) is 39.9 Å². The molecule has 0 saturated heterocycles. The van der Waals surface area contributed by atoms with Gasteiger partial charge in [-0.15, -0.1) is 0 Å². The number of H-pyrrole nitrogens is 4. The van der Waals surface area contributed by atoms with Crippen LogP contribution in [-0.2, 0) is 23.7 Å². The second-order valence-electron chi connectivity index (χ2n) is 17.7. The largest absolute Gasteiger partial charge is 0.504 e. The summed E-state index contributed by atoms with van der Waals surface area (Å²) in [5.41, 5.74) is 19.4. The van der Waals surface area contributed by atoms with Gasteiger partial charge in [-0.05, 0) is 121 Å². The highest BCUT2D eigenvalue weighted by Gasteiger charge is 2.32. The zero-order valence-corrected chi connectivity index (χ0v) is 34.2. The lowest BCUT2D eigenvalue weighted by Gasteiger charge is -2.16. The van der Waals surface area contributed by atoms with Gasteiger partial charge in [-0.1, -0.05) is 52.0 Å². The van der Waals surface area contributed by atoms with Crippen LogP contribution in [-0.4, -0.2) is 45.0 Å². The summed E-state index contributed by atoms with van der Waals surface area (Å²) in [5.74, 6) is 0.186. The number of aromatic nitrogens is 8. The maximum absolute atomic E-state index is 11.3. The van der Waals surface area contributed by atoms with Crippen molar-refractivity contribution in [3.63, 3.8) is 0 Å². The van der Waals surface area contributed by atoms with Gasteiger partial charge in [0.15, 0.2) is 5.75 Å². The first-order valence-electron chi connectivity index (χ1n) is 20.5. The van der Waals surface area contributed by atoms with Gasteiger partial charge >= 0.3 is 0 Å². The van der Waals surface area contributed by atoms with Gasteiger partial charge in [0.05, 0.1) is 39.7 Å². The van der Waals surface area contributed by atoms with E-state index in [2.05, 4.69) is 164 Å². The Kier molecular flexibility index (Phi) is 7.85. The van der Waals surface area contributed by atoms with Crippen LogP contribution in [0, 0.1) is 6.92 Å². The maximum atomic E-state index is 11.3. The Labute approximate surface area is 346 Å². The molecule has 0 amide bonds. The molecule has 6 aromatic heterocycles. The normalized spacial score (nSPS) is 15.2. The molecular formula is C51H44N8O. The van der Waals surface area contributed by atoms with Crippen LogP contribution in [0.25, 0.3) is 90.7 Å². The standard InChI is InChI=1S/C51H44N8O/c1-28-37-16-10-31(52-37)22-33-12-18-39(54-33)47(40-19-13-34(55-40)23-32-11-17-38(28)53-32)29-6-8-30(9-7-29)48-41-20-14-35(56-41)24-46-51(4,5)27-44(59-46)49(60)42-21-15-36(57-42)25-45-50(2,3)26-43(48)58-45/h6-25,52,55-57,60H,26-27H2,1-5H3. The lowest BCUT2D eigenvalue weighted by Crippen LogP contribution is -2.15. The summed E-state index contributed by atoms with van der Waals surface area (Å²) in [6.45, 7) is 10.9. The number of rotatable bonds is 2. The minimum Gasteiger partial charge on any atom is -0.504 e. The fourth-order valence-electron chi connectivity index (χ4n) is 8.95. The Bertz CT molecular complexity index is 3350. The number of nitrogens with zero attached hydrogens (tertiary/aromatic N) is 4. The van der Waals surface area contributed by atoms with Crippen molar-refractivity contribution in [2.45, 2.75) is 58.3 Å². The number of aryl methyl sites for hydroxylation is 1. The third kappa shape index (κ3) is 6.16. The summed E-state index contributed by atoms with van der Waals surface area (Å²) < 4.78 is 0. The Balaban J connectivity index is 1.12. The number of hydrogen-bond acceptors (Lipinski definition) is 5. The van der Waals surface area contributed by atoms with Crippen LogP contribution >= 0.6 is 0 Å². The first-order chi connectivity index (χ1) is 28.9. The molecule has 5 N–H and O–H groups in total. The molecule has 9 nitrogen and oxygen atoms in total. The second-order valence-corrected chi connectivity index (χ2v) is 17.7. The summed E-state index contributed by atoms with van der Waals surface area (Å²) in [5, 5.41) is 11.3. The SMILES string of the molecule is Cc1c2nc(cc3ccc([nH]3)c(-c3ccc(-c4c5nc(cc6ccc([nH]6)c(O)c6nc(cc7ccc4[nH]7)C(C)(C)C6)C(C)(C)C5)cc3)c3nc(cc4ccc1[nH]4)C=C3)C=C2. The summed E-state index contributed by atoms with van der Waals surface area (Å²) in [7, 11) is 0. The molecule has 60 heavy (non-hydrogen) atoms. The Morgan fingerprint density at radius 3 is 1.55 bits per heavy atom. The molecule has 0 unspecified atom stereocenters. The monoisotopic (exact) mass is 784 g/mol. The van der Waals surface area contributed by atoms with Crippen LogP contribution in [0.5, 0.6) is 5.75 Å². The van der Waals surface area contributed by atoms with Gasteiger partial charge in [0.1, 0.15) is 0 Å². The zero-order valence-electron chi connectivity index (χ0n) is 34.2. The van der Waals surface area contributed by atoms with E-state index in [-0.39, 0.29) is 16.6 Å². The van der Waals surface area contributed by atoms with Gasteiger partial charge in [-0.2, -0.15) is 0 Å². The summed E-state index contributed by atoms with van der Waals surface area (Å²) >= 11 is 0. The summed E-state index contributed by atoms with van der Waals surface area (Å²) in [6.07, 6.45) is 9.70. The number of hydrogen-bond donors (Lipinski definition) is 5. The van der Waals surface area contributed by atoms with E-state index in [9.17, 15) is 5.11 Å². The van der Waals surface area contributed by atoms with Crippen molar-refractivity contribution in [2.24, 2.45) is 0 Å². The Morgan fingerprint density at radius 1 is 0.467 bits per heavy atom. The minimum absolute atomic E-state index is 0.186. The molecule has 0 radical (unpaired) electrons. The van der Waals surface area contributed by atoms with Gasteiger partial charge in [-0.25, -0.2) is 9.97 Å². The van der Waals surface area contributed by atoms with E-state index in [1.165, 1.54) is 0 Å². The molecule has 11 rings (SSSR count). The van der Waals surface area contributed by atoms with Crippen molar-refractivity contribution in [3.8, 4) is 28.0 Å². The lowest BCUT2D eigenvalue weighted by molar-refractivity contribution is 0.463. The molecule has 0 spiro atoms. The first kappa shape index (κ1) is 35.9. The topological polar surface area (TPSA) is 135 Å². The lowest BCUT2D eigenvalue weighted by atomic mass is 9.85. The van der Waals surface area contributed by atoms with E-state index in [1.54, 1.807) is 0 Å². The molecule has 294 valence electrons. The summed E-state index contributed by atoms with van der Waals surface area (Å²) in [4.78, 5) is 34.8. The Morgan fingerprint density at radius 2 is 0.917 bits per heavy atom. The molecule has 0 aliphatic carbocycles. The molecule has 0 fully saturated rings. The van der Waals surface area contributed by atoms with Gasteiger partial charge < -0.3 is 25.0 Å². The van der Waals surface area contributed by atoms with Crippen LogP contribution in [0.2, 0.25) is 0 Å². The van der Waals surface area contributed by atoms with E-state index in [4.69, 9.17) is 19.9 Å². The van der Waals surface area contributed by atoms with E-state index >= 15 is 0 Å². The molecule has 1 aromatic carbocycles. The average Bonchev–Trinajstić information content (AvgIpc) is 4.07. The average molecular weight is 785 g/mol. The molecule has 4 aliphatic rings. The fourth-order valence-corrected chi connectivity index (χ4v) is 8.95.